The van der Waals surface area contributed by atoms with Gasteiger partial charge in [0.15, 0.2) is 12.4 Å². The molecule has 0 fully saturated rings. The summed E-state index contributed by atoms with van der Waals surface area (Å²) in [6.45, 7) is 2.28. The molecular formula is C24H38ClN. The summed E-state index contributed by atoms with van der Waals surface area (Å²) >= 11 is 0. The molecule has 0 N–H and O–H groups in total. The maximum atomic E-state index is 2.28. The minimum absolute atomic E-state index is 0. The molecule has 0 aliphatic heterocycles. The van der Waals surface area contributed by atoms with Gasteiger partial charge in [-0.15, -0.1) is 0 Å². The minimum atomic E-state index is 0. The fourth-order valence-electron chi connectivity index (χ4n) is 2.95. The van der Waals surface area contributed by atoms with E-state index in [1.165, 1.54) is 76.2 Å². The van der Waals surface area contributed by atoms with E-state index in [0.29, 0.717) is 0 Å². The molecule has 146 valence electrons. The van der Waals surface area contributed by atoms with Gasteiger partial charge in [-0.25, -0.2) is 4.57 Å². The second-order valence-electron chi connectivity index (χ2n) is 6.96. The minimum Gasteiger partial charge on any atom is -1.00 e. The molecule has 0 unspecified atom stereocenters. The standard InChI is InChI=1S/C18H30.C6H8N.ClH/c1-2-3-4-5-6-7-8-9-10-12-15-18-16-13-11-14-17-18;1-7-5-3-2-4-6-7;/h11,13-14,16-17H,2-10,12,15H2,1H3;2-6H,1H3;1H/q;+1;/p-1. The zero-order valence-electron chi connectivity index (χ0n) is 16.9. The SMILES string of the molecule is CCCCCCCCCCCCc1ccccc1.C[n+]1ccccc1.[Cl-]. The summed E-state index contributed by atoms with van der Waals surface area (Å²) < 4.78 is 2.00. The van der Waals surface area contributed by atoms with E-state index in [9.17, 15) is 0 Å². The second kappa shape index (κ2) is 18.5. The fraction of sp³-hybridized carbons (Fsp3) is 0.542. The van der Waals surface area contributed by atoms with Crippen LogP contribution in [-0.4, -0.2) is 0 Å². The van der Waals surface area contributed by atoms with Crippen molar-refractivity contribution in [2.24, 2.45) is 7.05 Å². The quantitative estimate of drug-likeness (QED) is 0.417. The van der Waals surface area contributed by atoms with Gasteiger partial charge in [0.05, 0.1) is 0 Å². The Hall–Kier alpha value is -1.34. The molecule has 1 aromatic heterocycles. The largest absolute Gasteiger partial charge is 1.00 e. The van der Waals surface area contributed by atoms with E-state index in [4.69, 9.17) is 0 Å². The van der Waals surface area contributed by atoms with Gasteiger partial charge >= 0.3 is 0 Å². The predicted octanol–water partition coefficient (Wildman–Crippen LogP) is 3.67. The molecule has 0 radical (unpaired) electrons. The van der Waals surface area contributed by atoms with Crippen LogP contribution in [0, 0.1) is 0 Å². The topological polar surface area (TPSA) is 3.88 Å². The van der Waals surface area contributed by atoms with Gasteiger partial charge in [0.2, 0.25) is 0 Å². The van der Waals surface area contributed by atoms with Crippen LogP contribution in [0.1, 0.15) is 76.7 Å². The lowest BCUT2D eigenvalue weighted by atomic mass is 10.0. The van der Waals surface area contributed by atoms with Crippen molar-refractivity contribution in [1.82, 2.24) is 0 Å². The normalized spacial score (nSPS) is 9.77. The molecule has 0 spiro atoms. The smallest absolute Gasteiger partial charge is 0.168 e. The van der Waals surface area contributed by atoms with E-state index >= 15 is 0 Å². The molecule has 2 heteroatoms. The zero-order valence-corrected chi connectivity index (χ0v) is 17.6. The number of hydrogen-bond donors (Lipinski definition) is 0. The van der Waals surface area contributed by atoms with E-state index in [1.807, 2.05) is 42.2 Å². The van der Waals surface area contributed by atoms with Gasteiger partial charge in [-0.05, 0) is 18.4 Å². The number of benzene rings is 1. The second-order valence-corrected chi connectivity index (χ2v) is 6.96. The summed E-state index contributed by atoms with van der Waals surface area (Å²) in [6.07, 6.45) is 19.5. The molecule has 0 saturated carbocycles. The Balaban J connectivity index is 0.000000655. The van der Waals surface area contributed by atoms with Crippen LogP contribution in [0.4, 0.5) is 0 Å². The van der Waals surface area contributed by atoms with Gasteiger partial charge in [0.1, 0.15) is 7.05 Å². The Bertz CT molecular complexity index is 498. The van der Waals surface area contributed by atoms with Crippen LogP contribution in [0.3, 0.4) is 0 Å². The van der Waals surface area contributed by atoms with Gasteiger partial charge in [-0.3, -0.25) is 0 Å². The van der Waals surface area contributed by atoms with E-state index in [1.54, 1.807) is 0 Å². The van der Waals surface area contributed by atoms with Crippen LogP contribution < -0.4 is 17.0 Å². The highest BCUT2D eigenvalue weighted by atomic mass is 35.5. The average molecular weight is 376 g/mol. The number of nitrogens with zero attached hydrogens (tertiary/aromatic N) is 1. The van der Waals surface area contributed by atoms with Crippen LogP contribution in [0.5, 0.6) is 0 Å². The summed E-state index contributed by atoms with van der Waals surface area (Å²) in [4.78, 5) is 0. The highest BCUT2D eigenvalue weighted by Crippen LogP contribution is 2.12. The summed E-state index contributed by atoms with van der Waals surface area (Å²) in [5.41, 5.74) is 1.50. The molecule has 26 heavy (non-hydrogen) atoms. The van der Waals surface area contributed by atoms with Crippen LogP contribution in [0.25, 0.3) is 0 Å². The molecule has 0 bridgehead atoms. The first-order valence-electron chi connectivity index (χ1n) is 10.3. The molecule has 0 saturated heterocycles. The highest BCUT2D eigenvalue weighted by molar-refractivity contribution is 5.14. The van der Waals surface area contributed by atoms with Crippen LogP contribution >= 0.6 is 0 Å². The third kappa shape index (κ3) is 15.0. The first-order valence-corrected chi connectivity index (χ1v) is 10.3. The van der Waals surface area contributed by atoms with Crippen molar-refractivity contribution >= 4 is 0 Å². The van der Waals surface area contributed by atoms with Crippen molar-refractivity contribution in [3.05, 3.63) is 66.5 Å². The lowest BCUT2D eigenvalue weighted by Crippen LogP contribution is -3.00. The van der Waals surface area contributed by atoms with E-state index < -0.39 is 0 Å². The lowest BCUT2D eigenvalue weighted by Gasteiger charge is -2.03. The number of halogens is 1. The van der Waals surface area contributed by atoms with Crippen molar-refractivity contribution in [3.63, 3.8) is 0 Å². The maximum Gasteiger partial charge on any atom is 0.168 e. The van der Waals surface area contributed by atoms with Gasteiger partial charge in [0.25, 0.3) is 0 Å². The Morgan fingerprint density at radius 3 is 1.54 bits per heavy atom. The monoisotopic (exact) mass is 375 g/mol. The van der Waals surface area contributed by atoms with E-state index in [-0.39, 0.29) is 12.4 Å². The van der Waals surface area contributed by atoms with Crippen LogP contribution in [0.2, 0.25) is 0 Å². The van der Waals surface area contributed by atoms with Crippen molar-refractivity contribution in [2.75, 3.05) is 0 Å². The zero-order chi connectivity index (χ0) is 18.0. The molecule has 2 rings (SSSR count). The third-order valence-electron chi connectivity index (χ3n) is 4.53. The van der Waals surface area contributed by atoms with E-state index in [0.717, 1.165) is 0 Å². The molecule has 0 atom stereocenters. The van der Waals surface area contributed by atoms with Gasteiger partial charge in [-0.2, -0.15) is 0 Å². The third-order valence-corrected chi connectivity index (χ3v) is 4.53. The van der Waals surface area contributed by atoms with Gasteiger partial charge in [0, 0.05) is 12.1 Å². The number of rotatable bonds is 11. The number of pyridine rings is 1. The molecule has 1 nitrogen and oxygen atoms in total. The lowest BCUT2D eigenvalue weighted by molar-refractivity contribution is -0.671. The molecule has 0 amide bonds. The number of hydrogen-bond acceptors (Lipinski definition) is 0. The first kappa shape index (κ1) is 24.7. The fourth-order valence-corrected chi connectivity index (χ4v) is 2.95. The molecular weight excluding hydrogens is 338 g/mol. The Kier molecular flexibility index (Phi) is 17.5. The number of aromatic nitrogens is 1. The molecule has 1 heterocycles. The van der Waals surface area contributed by atoms with Crippen molar-refractivity contribution in [3.8, 4) is 0 Å². The maximum absolute atomic E-state index is 2.28. The highest BCUT2D eigenvalue weighted by Gasteiger charge is 1.94. The van der Waals surface area contributed by atoms with Crippen LogP contribution in [0.15, 0.2) is 60.9 Å². The number of aryl methyl sites for hydroxylation is 2. The van der Waals surface area contributed by atoms with Crippen molar-refractivity contribution in [1.29, 1.82) is 0 Å². The number of unbranched alkanes of at least 4 members (excludes halogenated alkanes) is 9. The van der Waals surface area contributed by atoms with Gasteiger partial charge < -0.3 is 12.4 Å². The Morgan fingerprint density at radius 2 is 1.08 bits per heavy atom. The van der Waals surface area contributed by atoms with E-state index in [2.05, 4.69) is 37.3 Å². The predicted molar refractivity (Wildman–Crippen MR) is 110 cm³/mol. The first-order chi connectivity index (χ1) is 12.3. The summed E-state index contributed by atoms with van der Waals surface area (Å²) in [5.74, 6) is 0. The molecule has 1 aromatic carbocycles. The Morgan fingerprint density at radius 1 is 0.615 bits per heavy atom. The summed E-state index contributed by atoms with van der Waals surface area (Å²) in [6, 6.07) is 16.9. The molecule has 2 aromatic rings. The van der Waals surface area contributed by atoms with Crippen molar-refractivity contribution in [2.45, 2.75) is 77.6 Å². The van der Waals surface area contributed by atoms with Gasteiger partial charge in [-0.1, -0.05) is 101 Å². The summed E-state index contributed by atoms with van der Waals surface area (Å²) in [7, 11) is 2.00. The average Bonchev–Trinajstić information content (AvgIpc) is 2.65. The Labute approximate surface area is 168 Å². The molecule has 0 aliphatic rings. The van der Waals surface area contributed by atoms with Crippen molar-refractivity contribution < 1.29 is 17.0 Å². The molecule has 0 aliphatic carbocycles. The van der Waals surface area contributed by atoms with Crippen LogP contribution in [-0.2, 0) is 13.5 Å². The summed E-state index contributed by atoms with van der Waals surface area (Å²) in [5, 5.41) is 0.